The second-order valence-corrected chi connectivity index (χ2v) is 5.39. The number of hydrogen-bond acceptors (Lipinski definition) is 3. The number of halogens is 1. The standard InChI is InChI=1S/C14H15FN2O2/c1-9-10(3-2-4-11(9)15)13(19)17-8-14(6-16-7-14)12(17)5-18/h2-5,12,16H,6-8H2,1H3. The molecule has 2 fully saturated rings. The van der Waals surface area contributed by atoms with Crippen LogP contribution in [-0.2, 0) is 4.79 Å². The van der Waals surface area contributed by atoms with Crippen molar-refractivity contribution >= 4 is 12.2 Å². The number of nitrogens with zero attached hydrogens (tertiary/aromatic N) is 1. The van der Waals surface area contributed by atoms with Crippen molar-refractivity contribution in [1.82, 2.24) is 10.2 Å². The first-order chi connectivity index (χ1) is 9.09. The number of likely N-dealkylation sites (tertiary alicyclic amines) is 1. The summed E-state index contributed by atoms with van der Waals surface area (Å²) in [6.45, 7) is 3.68. The number of carbonyl (C=O) groups is 2. The Labute approximate surface area is 110 Å². The minimum absolute atomic E-state index is 0.0847. The lowest BCUT2D eigenvalue weighted by molar-refractivity contribution is -0.133. The first-order valence-electron chi connectivity index (χ1n) is 6.31. The average molecular weight is 262 g/mol. The van der Waals surface area contributed by atoms with E-state index in [4.69, 9.17) is 0 Å². The molecule has 1 aromatic carbocycles. The predicted octanol–water partition coefficient (Wildman–Crippen LogP) is 0.747. The Morgan fingerprint density at radius 1 is 1.53 bits per heavy atom. The number of carbonyl (C=O) groups excluding carboxylic acids is 2. The molecule has 100 valence electrons. The van der Waals surface area contributed by atoms with E-state index in [1.807, 2.05) is 0 Å². The van der Waals surface area contributed by atoms with Crippen LogP contribution >= 0.6 is 0 Å². The second kappa shape index (κ2) is 4.13. The molecule has 1 spiro atoms. The molecule has 4 nitrogen and oxygen atoms in total. The Kier molecular flexibility index (Phi) is 2.67. The topological polar surface area (TPSA) is 49.4 Å². The molecule has 2 aliphatic heterocycles. The highest BCUT2D eigenvalue weighted by Crippen LogP contribution is 2.41. The molecule has 0 aromatic heterocycles. The molecule has 2 heterocycles. The predicted molar refractivity (Wildman–Crippen MR) is 67.3 cm³/mol. The molecule has 1 amide bonds. The van der Waals surface area contributed by atoms with E-state index >= 15 is 0 Å². The van der Waals surface area contributed by atoms with E-state index in [0.717, 1.165) is 19.4 Å². The Morgan fingerprint density at radius 3 is 2.84 bits per heavy atom. The van der Waals surface area contributed by atoms with Crippen molar-refractivity contribution in [3.8, 4) is 0 Å². The summed E-state index contributed by atoms with van der Waals surface area (Å²) in [5.41, 5.74) is 0.595. The van der Waals surface area contributed by atoms with Crippen LogP contribution < -0.4 is 5.32 Å². The van der Waals surface area contributed by atoms with Gasteiger partial charge < -0.3 is 15.0 Å². The van der Waals surface area contributed by atoms with Crippen LogP contribution in [0.3, 0.4) is 0 Å². The molecular weight excluding hydrogens is 247 g/mol. The van der Waals surface area contributed by atoms with Crippen LogP contribution in [0.5, 0.6) is 0 Å². The molecule has 0 bridgehead atoms. The number of nitrogens with one attached hydrogen (secondary N) is 1. The highest BCUT2D eigenvalue weighted by Gasteiger charge is 2.58. The lowest BCUT2D eigenvalue weighted by Crippen LogP contribution is -2.78. The Balaban J connectivity index is 1.85. The maximum atomic E-state index is 13.5. The number of rotatable bonds is 2. The number of benzene rings is 1. The minimum atomic E-state index is -0.394. The summed E-state index contributed by atoms with van der Waals surface area (Å²) in [6.07, 6.45) is 0.830. The van der Waals surface area contributed by atoms with Gasteiger partial charge in [0, 0.05) is 30.6 Å². The van der Waals surface area contributed by atoms with Gasteiger partial charge in [0.05, 0.1) is 6.04 Å². The molecule has 1 aromatic rings. The van der Waals surface area contributed by atoms with Crippen molar-refractivity contribution in [2.24, 2.45) is 5.41 Å². The molecule has 1 N–H and O–H groups in total. The third kappa shape index (κ3) is 1.61. The van der Waals surface area contributed by atoms with Crippen LogP contribution in [-0.4, -0.2) is 42.8 Å². The van der Waals surface area contributed by atoms with E-state index in [9.17, 15) is 14.0 Å². The van der Waals surface area contributed by atoms with Gasteiger partial charge in [-0.1, -0.05) is 6.07 Å². The fourth-order valence-corrected chi connectivity index (χ4v) is 2.93. The molecule has 2 saturated heterocycles. The van der Waals surface area contributed by atoms with Crippen molar-refractivity contribution in [2.75, 3.05) is 19.6 Å². The van der Waals surface area contributed by atoms with Crippen LogP contribution in [0.2, 0.25) is 0 Å². The Morgan fingerprint density at radius 2 is 2.26 bits per heavy atom. The molecule has 2 aliphatic rings. The quantitative estimate of drug-likeness (QED) is 0.800. The number of amides is 1. The SMILES string of the molecule is Cc1c(F)cccc1C(=O)N1CC2(CNC2)C1C=O. The van der Waals surface area contributed by atoms with E-state index < -0.39 is 5.82 Å². The zero-order chi connectivity index (χ0) is 13.6. The van der Waals surface area contributed by atoms with Gasteiger partial charge in [-0.3, -0.25) is 4.79 Å². The smallest absolute Gasteiger partial charge is 0.254 e. The highest BCUT2D eigenvalue weighted by molar-refractivity contribution is 5.98. The molecule has 0 saturated carbocycles. The van der Waals surface area contributed by atoms with Crippen molar-refractivity contribution in [1.29, 1.82) is 0 Å². The number of hydrogen-bond donors (Lipinski definition) is 1. The summed E-state index contributed by atoms with van der Waals surface area (Å²) in [5.74, 6) is -0.652. The van der Waals surface area contributed by atoms with E-state index in [0.29, 0.717) is 17.7 Å². The van der Waals surface area contributed by atoms with Gasteiger partial charge in [-0.05, 0) is 24.6 Å². The van der Waals surface area contributed by atoms with Gasteiger partial charge in [0.15, 0.2) is 0 Å². The third-order valence-corrected chi connectivity index (χ3v) is 4.29. The first kappa shape index (κ1) is 12.3. The molecule has 0 aliphatic carbocycles. The zero-order valence-electron chi connectivity index (χ0n) is 10.6. The summed E-state index contributed by atoms with van der Waals surface area (Å²) in [5, 5.41) is 3.13. The van der Waals surface area contributed by atoms with E-state index in [1.54, 1.807) is 13.0 Å². The maximum Gasteiger partial charge on any atom is 0.254 e. The summed E-state index contributed by atoms with van der Waals surface area (Å²) in [6, 6.07) is 4.07. The molecule has 1 atom stereocenters. The largest absolute Gasteiger partial charge is 0.327 e. The third-order valence-electron chi connectivity index (χ3n) is 4.29. The lowest BCUT2D eigenvalue weighted by atomic mass is 9.67. The van der Waals surface area contributed by atoms with Crippen molar-refractivity contribution in [3.63, 3.8) is 0 Å². The van der Waals surface area contributed by atoms with E-state index in [1.165, 1.54) is 17.0 Å². The number of aldehydes is 1. The van der Waals surface area contributed by atoms with Crippen LogP contribution in [0.25, 0.3) is 0 Å². The summed E-state index contributed by atoms with van der Waals surface area (Å²) >= 11 is 0. The second-order valence-electron chi connectivity index (χ2n) is 5.39. The lowest BCUT2D eigenvalue weighted by Gasteiger charge is -2.60. The van der Waals surface area contributed by atoms with Crippen molar-refractivity contribution in [2.45, 2.75) is 13.0 Å². The average Bonchev–Trinajstić information content (AvgIpc) is 2.30. The van der Waals surface area contributed by atoms with Gasteiger partial charge in [0.25, 0.3) is 5.91 Å². The first-order valence-corrected chi connectivity index (χ1v) is 6.31. The molecule has 19 heavy (non-hydrogen) atoms. The molecule has 1 unspecified atom stereocenters. The molecular formula is C14H15FN2O2. The van der Waals surface area contributed by atoms with Gasteiger partial charge in [-0.15, -0.1) is 0 Å². The minimum Gasteiger partial charge on any atom is -0.327 e. The fourth-order valence-electron chi connectivity index (χ4n) is 2.93. The maximum absolute atomic E-state index is 13.5. The van der Waals surface area contributed by atoms with Gasteiger partial charge in [-0.25, -0.2) is 4.39 Å². The Bertz CT molecular complexity index is 554. The van der Waals surface area contributed by atoms with E-state index in [-0.39, 0.29) is 17.4 Å². The highest BCUT2D eigenvalue weighted by atomic mass is 19.1. The summed E-state index contributed by atoms with van der Waals surface area (Å²) in [7, 11) is 0. The zero-order valence-corrected chi connectivity index (χ0v) is 10.6. The molecule has 5 heteroatoms. The van der Waals surface area contributed by atoms with Crippen molar-refractivity contribution in [3.05, 3.63) is 35.1 Å². The fraction of sp³-hybridized carbons (Fsp3) is 0.429. The molecule has 0 radical (unpaired) electrons. The monoisotopic (exact) mass is 262 g/mol. The normalized spacial score (nSPS) is 23.7. The van der Waals surface area contributed by atoms with Crippen LogP contribution in [0.4, 0.5) is 4.39 Å². The summed E-state index contributed by atoms with van der Waals surface area (Å²) < 4.78 is 13.5. The molecule has 3 rings (SSSR count). The van der Waals surface area contributed by atoms with Gasteiger partial charge in [-0.2, -0.15) is 0 Å². The van der Waals surface area contributed by atoms with Gasteiger partial charge >= 0.3 is 0 Å². The van der Waals surface area contributed by atoms with Gasteiger partial charge in [0.1, 0.15) is 12.1 Å². The van der Waals surface area contributed by atoms with Gasteiger partial charge in [0.2, 0.25) is 0 Å². The van der Waals surface area contributed by atoms with Crippen LogP contribution in [0, 0.1) is 18.2 Å². The van der Waals surface area contributed by atoms with Crippen LogP contribution in [0.1, 0.15) is 15.9 Å². The van der Waals surface area contributed by atoms with Crippen molar-refractivity contribution < 1.29 is 14.0 Å². The van der Waals surface area contributed by atoms with Crippen LogP contribution in [0.15, 0.2) is 18.2 Å². The summed E-state index contributed by atoms with van der Waals surface area (Å²) in [4.78, 5) is 25.1. The Hall–Kier alpha value is -1.75. The van der Waals surface area contributed by atoms with E-state index in [2.05, 4.69) is 5.32 Å².